The van der Waals surface area contributed by atoms with Gasteiger partial charge in [-0.3, -0.25) is 14.4 Å². The first kappa shape index (κ1) is 20.3. The Kier molecular flexibility index (Phi) is 5.17. The first-order valence-corrected chi connectivity index (χ1v) is 10.7. The zero-order valence-electron chi connectivity index (χ0n) is 18.5. The van der Waals surface area contributed by atoms with E-state index in [1.807, 2.05) is 33.2 Å². The summed E-state index contributed by atoms with van der Waals surface area (Å²) in [5, 5.41) is 14.3. The lowest BCUT2D eigenvalue weighted by atomic mass is 10.2. The van der Waals surface area contributed by atoms with Crippen molar-refractivity contribution in [2.75, 3.05) is 37.6 Å². The van der Waals surface area contributed by atoms with E-state index in [1.165, 1.54) is 4.68 Å². The van der Waals surface area contributed by atoms with Gasteiger partial charge in [0.1, 0.15) is 12.1 Å². The summed E-state index contributed by atoms with van der Waals surface area (Å²) in [5.74, 6) is 1.59. The molecular formula is C21H26N10O. The average Bonchev–Trinajstić information content (AvgIpc) is 3.35. The number of piperazine rings is 1. The quantitative estimate of drug-likeness (QED) is 0.449. The normalized spacial score (nSPS) is 15.0. The van der Waals surface area contributed by atoms with Gasteiger partial charge < -0.3 is 4.90 Å². The van der Waals surface area contributed by atoms with Crippen LogP contribution in [-0.2, 0) is 13.6 Å². The molecule has 0 atom stereocenters. The summed E-state index contributed by atoms with van der Waals surface area (Å²) in [5.41, 5.74) is 2.65. The van der Waals surface area contributed by atoms with Crippen LogP contribution in [0.15, 0.2) is 35.5 Å². The van der Waals surface area contributed by atoms with Gasteiger partial charge in [-0.2, -0.15) is 10.2 Å². The van der Waals surface area contributed by atoms with Gasteiger partial charge in [0.25, 0.3) is 5.56 Å². The second-order valence-electron chi connectivity index (χ2n) is 8.12. The van der Waals surface area contributed by atoms with Crippen LogP contribution in [0.25, 0.3) is 16.9 Å². The van der Waals surface area contributed by atoms with E-state index in [0.29, 0.717) is 12.4 Å². The van der Waals surface area contributed by atoms with Gasteiger partial charge in [-0.05, 0) is 26.0 Å². The van der Waals surface area contributed by atoms with E-state index < -0.39 is 0 Å². The van der Waals surface area contributed by atoms with Crippen LogP contribution in [-0.4, -0.2) is 76.9 Å². The maximum absolute atomic E-state index is 12.4. The Bertz CT molecular complexity index is 1310. The van der Waals surface area contributed by atoms with Crippen molar-refractivity contribution in [3.8, 4) is 5.82 Å². The largest absolute Gasteiger partial charge is 0.353 e. The van der Waals surface area contributed by atoms with E-state index in [4.69, 9.17) is 0 Å². The third-order valence-electron chi connectivity index (χ3n) is 5.89. The van der Waals surface area contributed by atoms with Crippen molar-refractivity contribution < 1.29 is 0 Å². The number of hydrogen-bond acceptors (Lipinski definition) is 8. The zero-order valence-corrected chi connectivity index (χ0v) is 18.5. The number of anilines is 1. The monoisotopic (exact) mass is 434 g/mol. The number of aromatic nitrogens is 8. The lowest BCUT2D eigenvalue weighted by Crippen LogP contribution is -2.48. The Labute approximate surface area is 184 Å². The molecule has 5 heterocycles. The first-order valence-electron chi connectivity index (χ1n) is 10.7. The minimum atomic E-state index is -0.103. The van der Waals surface area contributed by atoms with Crippen LogP contribution >= 0.6 is 0 Å². The molecule has 11 heteroatoms. The second kappa shape index (κ2) is 8.15. The van der Waals surface area contributed by atoms with E-state index in [2.05, 4.69) is 35.1 Å². The summed E-state index contributed by atoms with van der Waals surface area (Å²) in [6.45, 7) is 8.70. The maximum Gasteiger partial charge on any atom is 0.266 e. The molecule has 32 heavy (non-hydrogen) atoms. The molecule has 11 nitrogen and oxygen atoms in total. The minimum absolute atomic E-state index is 0.103. The topological polar surface area (TPSA) is 103 Å². The minimum Gasteiger partial charge on any atom is -0.353 e. The molecule has 0 N–H and O–H groups in total. The smallest absolute Gasteiger partial charge is 0.266 e. The number of rotatable bonds is 5. The molecule has 0 radical (unpaired) electrons. The van der Waals surface area contributed by atoms with Gasteiger partial charge in [0.2, 0.25) is 0 Å². The van der Waals surface area contributed by atoms with Crippen LogP contribution in [0.5, 0.6) is 0 Å². The first-order chi connectivity index (χ1) is 15.5. The van der Waals surface area contributed by atoms with E-state index in [9.17, 15) is 4.79 Å². The van der Waals surface area contributed by atoms with Crippen LogP contribution in [0.1, 0.15) is 11.4 Å². The molecule has 4 aromatic rings. The molecule has 0 unspecified atom stereocenters. The predicted octanol–water partition coefficient (Wildman–Crippen LogP) is 0.545. The fourth-order valence-electron chi connectivity index (χ4n) is 4.19. The summed E-state index contributed by atoms with van der Waals surface area (Å²) in [4.78, 5) is 25.8. The van der Waals surface area contributed by atoms with Crippen molar-refractivity contribution in [2.45, 2.75) is 20.4 Å². The molecule has 1 fully saturated rings. The van der Waals surface area contributed by atoms with Crippen LogP contribution in [0, 0.1) is 13.8 Å². The van der Waals surface area contributed by atoms with Gasteiger partial charge in [-0.1, -0.05) is 0 Å². The third kappa shape index (κ3) is 3.75. The number of hydrogen-bond donors (Lipinski definition) is 0. The Morgan fingerprint density at radius 2 is 1.81 bits per heavy atom. The fourth-order valence-corrected chi connectivity index (χ4v) is 4.19. The lowest BCUT2D eigenvalue weighted by molar-refractivity contribution is 0.242. The van der Waals surface area contributed by atoms with Gasteiger partial charge in [0, 0.05) is 51.5 Å². The number of aryl methyl sites for hydroxylation is 3. The molecule has 4 aromatic heterocycles. The molecule has 0 aliphatic carbocycles. The molecule has 1 aliphatic rings. The summed E-state index contributed by atoms with van der Waals surface area (Å²) in [6, 6.07) is 5.27. The lowest BCUT2D eigenvalue weighted by Gasteiger charge is -2.35. The Balaban J connectivity index is 1.24. The van der Waals surface area contributed by atoms with Crippen molar-refractivity contribution in [2.24, 2.45) is 7.05 Å². The van der Waals surface area contributed by atoms with Gasteiger partial charge in [0.15, 0.2) is 11.5 Å². The Morgan fingerprint density at radius 3 is 2.56 bits per heavy atom. The second-order valence-corrected chi connectivity index (χ2v) is 8.12. The van der Waals surface area contributed by atoms with E-state index >= 15 is 0 Å². The van der Waals surface area contributed by atoms with Crippen LogP contribution in [0.2, 0.25) is 0 Å². The molecule has 1 aliphatic heterocycles. The maximum atomic E-state index is 12.4. The van der Waals surface area contributed by atoms with Crippen molar-refractivity contribution in [1.82, 2.24) is 44.2 Å². The molecule has 0 saturated carbocycles. The summed E-state index contributed by atoms with van der Waals surface area (Å²) in [6.07, 6.45) is 3.42. The molecular weight excluding hydrogens is 408 g/mol. The van der Waals surface area contributed by atoms with E-state index in [0.717, 1.165) is 61.0 Å². The van der Waals surface area contributed by atoms with Gasteiger partial charge in [0.05, 0.1) is 23.8 Å². The molecule has 0 bridgehead atoms. The fraction of sp³-hybridized carbons (Fsp3) is 0.429. The van der Waals surface area contributed by atoms with Crippen LogP contribution in [0.4, 0.5) is 5.82 Å². The molecule has 0 spiro atoms. The van der Waals surface area contributed by atoms with Crippen molar-refractivity contribution >= 4 is 16.9 Å². The Hall–Kier alpha value is -3.60. The Morgan fingerprint density at radius 1 is 1.00 bits per heavy atom. The molecule has 0 aromatic carbocycles. The van der Waals surface area contributed by atoms with Crippen molar-refractivity contribution in [1.29, 1.82) is 0 Å². The van der Waals surface area contributed by atoms with Gasteiger partial charge >= 0.3 is 0 Å². The highest BCUT2D eigenvalue weighted by Gasteiger charge is 2.21. The van der Waals surface area contributed by atoms with Gasteiger partial charge in [-0.25, -0.2) is 19.3 Å². The SMILES string of the molecule is Cc1cc(C)n(-c2ccc(=O)n(CCN3CCN(c4ncnc5c4cnn5C)CC3)n2)n1. The molecule has 5 rings (SSSR count). The van der Waals surface area contributed by atoms with Gasteiger partial charge in [-0.15, -0.1) is 5.10 Å². The highest BCUT2D eigenvalue weighted by atomic mass is 16.1. The average molecular weight is 435 g/mol. The highest BCUT2D eigenvalue weighted by molar-refractivity contribution is 5.86. The van der Waals surface area contributed by atoms with Crippen LogP contribution in [0.3, 0.4) is 0 Å². The summed E-state index contributed by atoms with van der Waals surface area (Å²) >= 11 is 0. The predicted molar refractivity (Wildman–Crippen MR) is 120 cm³/mol. The molecule has 0 amide bonds. The van der Waals surface area contributed by atoms with Crippen LogP contribution < -0.4 is 10.5 Å². The standard InChI is InChI=1S/C21H26N10O/c1-15-12-16(2)31(25-15)18-4-5-19(32)30(26-18)11-8-28-6-9-29(10-7-28)21-17-13-24-27(3)20(17)22-14-23-21/h4-5,12-14H,6-11H2,1-3H3. The van der Waals surface area contributed by atoms with Crippen molar-refractivity contribution in [3.05, 3.63) is 52.5 Å². The number of fused-ring (bicyclic) bond motifs is 1. The van der Waals surface area contributed by atoms with E-state index in [-0.39, 0.29) is 5.56 Å². The summed E-state index contributed by atoms with van der Waals surface area (Å²) in [7, 11) is 1.89. The number of nitrogens with zero attached hydrogens (tertiary/aromatic N) is 10. The highest BCUT2D eigenvalue weighted by Crippen LogP contribution is 2.23. The van der Waals surface area contributed by atoms with Crippen molar-refractivity contribution in [3.63, 3.8) is 0 Å². The third-order valence-corrected chi connectivity index (χ3v) is 5.89. The molecule has 166 valence electrons. The zero-order chi connectivity index (χ0) is 22.2. The van der Waals surface area contributed by atoms with E-state index in [1.54, 1.807) is 27.8 Å². The molecule has 1 saturated heterocycles. The summed E-state index contributed by atoms with van der Waals surface area (Å²) < 4.78 is 5.06.